The van der Waals surface area contributed by atoms with Crippen molar-refractivity contribution in [3.8, 4) is 0 Å². The smallest absolute Gasteiger partial charge is 0.265 e. The van der Waals surface area contributed by atoms with Crippen LogP contribution in [0.1, 0.15) is 33.4 Å². The van der Waals surface area contributed by atoms with E-state index in [1.54, 1.807) is 30.3 Å². The van der Waals surface area contributed by atoms with Crippen LogP contribution in [0.25, 0.3) is 0 Å². The number of carbonyl (C=O) groups is 2. The van der Waals surface area contributed by atoms with Crippen LogP contribution in [-0.4, -0.2) is 18.4 Å². The zero-order valence-electron chi connectivity index (χ0n) is 11.5. The normalized spacial score (nSPS) is 10.2. The number of benzene rings is 1. The van der Waals surface area contributed by atoms with Gasteiger partial charge >= 0.3 is 0 Å². The van der Waals surface area contributed by atoms with Crippen molar-refractivity contribution in [1.29, 1.82) is 0 Å². The fourth-order valence-electron chi connectivity index (χ4n) is 1.69. The van der Waals surface area contributed by atoms with Crippen molar-refractivity contribution in [3.63, 3.8) is 0 Å². The minimum absolute atomic E-state index is 0.180. The van der Waals surface area contributed by atoms with E-state index in [0.29, 0.717) is 27.7 Å². The molecule has 6 heteroatoms. The highest BCUT2D eigenvalue weighted by molar-refractivity contribution is 7.12. The van der Waals surface area contributed by atoms with Gasteiger partial charge in [0.2, 0.25) is 0 Å². The van der Waals surface area contributed by atoms with Crippen LogP contribution in [0.3, 0.4) is 0 Å². The summed E-state index contributed by atoms with van der Waals surface area (Å²) in [5.41, 5.74) is 0.897. The lowest BCUT2D eigenvalue weighted by atomic mass is 10.2. The summed E-state index contributed by atoms with van der Waals surface area (Å²) in [7, 11) is 0. The number of carbonyl (C=O) groups excluding carboxylic acids is 2. The highest BCUT2D eigenvalue weighted by atomic mass is 35.5. The summed E-state index contributed by atoms with van der Waals surface area (Å²) < 4.78 is 0. The van der Waals surface area contributed by atoms with Crippen LogP contribution in [0.5, 0.6) is 0 Å². The van der Waals surface area contributed by atoms with Crippen molar-refractivity contribution >= 4 is 40.4 Å². The molecule has 21 heavy (non-hydrogen) atoms. The Morgan fingerprint density at radius 1 is 1.24 bits per heavy atom. The number of halogens is 1. The summed E-state index contributed by atoms with van der Waals surface area (Å²) in [6.45, 7) is 2.59. The predicted molar refractivity (Wildman–Crippen MR) is 86.3 cm³/mol. The molecule has 2 N–H and O–H groups in total. The highest BCUT2D eigenvalue weighted by Crippen LogP contribution is 2.24. The average molecular weight is 323 g/mol. The van der Waals surface area contributed by atoms with Crippen molar-refractivity contribution in [2.24, 2.45) is 0 Å². The maximum absolute atomic E-state index is 12.0. The molecule has 0 fully saturated rings. The van der Waals surface area contributed by atoms with Gasteiger partial charge in [-0.15, -0.1) is 11.3 Å². The minimum atomic E-state index is -0.238. The standard InChI is InChI=1S/C15H15ClN2O2S/c1-2-7-17-14(19)10-5-6-11(16)12(9-10)18-15(20)13-4-3-8-21-13/h3-6,8-9H,2,7H2,1H3,(H,17,19)(H,18,20). The van der Waals surface area contributed by atoms with E-state index < -0.39 is 0 Å². The van der Waals surface area contributed by atoms with Crippen LogP contribution in [0.15, 0.2) is 35.7 Å². The zero-order chi connectivity index (χ0) is 15.2. The van der Waals surface area contributed by atoms with E-state index in [0.717, 1.165) is 6.42 Å². The van der Waals surface area contributed by atoms with E-state index in [2.05, 4.69) is 10.6 Å². The van der Waals surface area contributed by atoms with E-state index in [1.807, 2.05) is 12.3 Å². The van der Waals surface area contributed by atoms with Crippen LogP contribution in [0, 0.1) is 0 Å². The van der Waals surface area contributed by atoms with Gasteiger partial charge in [-0.1, -0.05) is 24.6 Å². The summed E-state index contributed by atoms with van der Waals surface area (Å²) in [4.78, 5) is 24.5. The monoisotopic (exact) mass is 322 g/mol. The molecule has 0 unspecified atom stereocenters. The van der Waals surface area contributed by atoms with Crippen molar-refractivity contribution < 1.29 is 9.59 Å². The molecule has 0 saturated carbocycles. The van der Waals surface area contributed by atoms with Crippen LogP contribution < -0.4 is 10.6 Å². The van der Waals surface area contributed by atoms with Crippen LogP contribution >= 0.6 is 22.9 Å². The SMILES string of the molecule is CCCNC(=O)c1ccc(Cl)c(NC(=O)c2cccs2)c1. The number of hydrogen-bond donors (Lipinski definition) is 2. The molecular formula is C15H15ClN2O2S. The molecule has 1 aromatic carbocycles. The van der Waals surface area contributed by atoms with Gasteiger partial charge in [0.05, 0.1) is 15.6 Å². The number of amides is 2. The van der Waals surface area contributed by atoms with Crippen LogP contribution in [0.2, 0.25) is 5.02 Å². The number of hydrogen-bond acceptors (Lipinski definition) is 3. The minimum Gasteiger partial charge on any atom is -0.352 e. The summed E-state index contributed by atoms with van der Waals surface area (Å²) in [6.07, 6.45) is 0.862. The fraction of sp³-hybridized carbons (Fsp3) is 0.200. The van der Waals surface area contributed by atoms with Crippen LogP contribution in [0.4, 0.5) is 5.69 Å². The third kappa shape index (κ3) is 4.06. The summed E-state index contributed by atoms with van der Waals surface area (Å²) in [5, 5.41) is 7.73. The molecule has 0 spiro atoms. The molecule has 0 aliphatic heterocycles. The molecule has 0 aliphatic rings. The van der Waals surface area contributed by atoms with E-state index >= 15 is 0 Å². The molecule has 2 amide bonds. The van der Waals surface area contributed by atoms with E-state index in [1.165, 1.54) is 11.3 Å². The Morgan fingerprint density at radius 3 is 2.71 bits per heavy atom. The molecule has 1 aromatic heterocycles. The van der Waals surface area contributed by atoms with Crippen molar-refractivity contribution in [1.82, 2.24) is 5.32 Å². The molecule has 0 atom stereocenters. The third-order valence-corrected chi connectivity index (χ3v) is 3.96. The molecule has 0 aliphatic carbocycles. The second kappa shape index (κ2) is 7.24. The molecule has 110 valence electrons. The average Bonchev–Trinajstić information content (AvgIpc) is 3.01. The summed E-state index contributed by atoms with van der Waals surface area (Å²) >= 11 is 7.41. The lowest BCUT2D eigenvalue weighted by Gasteiger charge is -2.09. The Morgan fingerprint density at radius 2 is 2.05 bits per heavy atom. The third-order valence-electron chi connectivity index (χ3n) is 2.76. The first kappa shape index (κ1) is 15.5. The van der Waals surface area contributed by atoms with E-state index in [9.17, 15) is 9.59 Å². The summed E-state index contributed by atoms with van der Waals surface area (Å²) in [6, 6.07) is 8.35. The quantitative estimate of drug-likeness (QED) is 0.879. The van der Waals surface area contributed by atoms with Gasteiger partial charge in [-0.25, -0.2) is 0 Å². The molecular weight excluding hydrogens is 308 g/mol. The summed E-state index contributed by atoms with van der Waals surface area (Å²) in [5.74, 6) is -0.418. The number of nitrogens with one attached hydrogen (secondary N) is 2. The van der Waals surface area contributed by atoms with Gasteiger partial charge in [-0.05, 0) is 36.1 Å². The Hall–Kier alpha value is -1.85. The molecule has 4 nitrogen and oxygen atoms in total. The molecule has 2 aromatic rings. The van der Waals surface area contributed by atoms with Crippen molar-refractivity contribution in [3.05, 3.63) is 51.2 Å². The maximum Gasteiger partial charge on any atom is 0.265 e. The first-order valence-electron chi connectivity index (χ1n) is 6.54. The molecule has 0 bridgehead atoms. The second-order valence-electron chi connectivity index (χ2n) is 4.38. The van der Waals surface area contributed by atoms with Gasteiger partial charge in [0.15, 0.2) is 0 Å². The highest BCUT2D eigenvalue weighted by Gasteiger charge is 2.12. The van der Waals surface area contributed by atoms with Gasteiger partial charge in [-0.3, -0.25) is 9.59 Å². The number of rotatable bonds is 5. The van der Waals surface area contributed by atoms with Crippen LogP contribution in [-0.2, 0) is 0 Å². The van der Waals surface area contributed by atoms with E-state index in [-0.39, 0.29) is 11.8 Å². The van der Waals surface area contributed by atoms with Gasteiger partial charge in [0.1, 0.15) is 0 Å². The largest absolute Gasteiger partial charge is 0.352 e. The maximum atomic E-state index is 12.0. The fourth-order valence-corrected chi connectivity index (χ4v) is 2.48. The van der Waals surface area contributed by atoms with Crippen molar-refractivity contribution in [2.45, 2.75) is 13.3 Å². The van der Waals surface area contributed by atoms with E-state index in [4.69, 9.17) is 11.6 Å². The first-order valence-corrected chi connectivity index (χ1v) is 7.80. The molecule has 0 radical (unpaired) electrons. The predicted octanol–water partition coefficient (Wildman–Crippen LogP) is 3.79. The lowest BCUT2D eigenvalue weighted by Crippen LogP contribution is -2.24. The van der Waals surface area contributed by atoms with Gasteiger partial charge in [0.25, 0.3) is 11.8 Å². The van der Waals surface area contributed by atoms with Crippen molar-refractivity contribution in [2.75, 3.05) is 11.9 Å². The Labute approximate surface area is 132 Å². The second-order valence-corrected chi connectivity index (χ2v) is 5.74. The Kier molecular flexibility index (Phi) is 5.36. The number of thiophene rings is 1. The zero-order valence-corrected chi connectivity index (χ0v) is 13.1. The first-order chi connectivity index (χ1) is 10.1. The van der Waals surface area contributed by atoms with Gasteiger partial charge in [-0.2, -0.15) is 0 Å². The molecule has 0 saturated heterocycles. The molecule has 2 rings (SSSR count). The number of anilines is 1. The Balaban J connectivity index is 2.15. The lowest BCUT2D eigenvalue weighted by molar-refractivity contribution is 0.0952. The Bertz CT molecular complexity index is 641. The van der Waals surface area contributed by atoms with Gasteiger partial charge < -0.3 is 10.6 Å². The topological polar surface area (TPSA) is 58.2 Å². The van der Waals surface area contributed by atoms with Gasteiger partial charge in [0, 0.05) is 12.1 Å². The molecule has 1 heterocycles.